The van der Waals surface area contributed by atoms with Crippen molar-refractivity contribution in [1.82, 2.24) is 4.90 Å². The van der Waals surface area contributed by atoms with Gasteiger partial charge in [-0.05, 0) is 6.07 Å². The van der Waals surface area contributed by atoms with E-state index < -0.39 is 18.9 Å². The predicted octanol–water partition coefficient (Wildman–Crippen LogP) is 1.68. The average molecular weight is 249 g/mol. The van der Waals surface area contributed by atoms with E-state index in [4.69, 9.17) is 4.42 Å². The van der Waals surface area contributed by atoms with Crippen molar-refractivity contribution in [1.29, 1.82) is 0 Å². The largest absolute Gasteiger partial charge is 0.472 e. The Balaban J connectivity index is 1.74. The fourth-order valence-electron chi connectivity index (χ4n) is 1.49. The lowest BCUT2D eigenvalue weighted by Crippen LogP contribution is -2.55. The monoisotopic (exact) mass is 249 g/mol. The number of alkyl halides is 3. The zero-order valence-corrected chi connectivity index (χ0v) is 8.74. The summed E-state index contributed by atoms with van der Waals surface area (Å²) >= 11 is 0. The summed E-state index contributed by atoms with van der Waals surface area (Å²) < 4.78 is 44.9. The number of carbonyl (C=O) groups is 1. The number of amides is 1. The van der Waals surface area contributed by atoms with Crippen LogP contribution in [0.15, 0.2) is 23.0 Å². The first kappa shape index (κ1) is 12.0. The van der Waals surface area contributed by atoms with Gasteiger partial charge in [-0.2, -0.15) is 13.2 Å². The molecular formula is C10H10F3NO3. The number of carbonyl (C=O) groups excluding carboxylic acids is 1. The van der Waals surface area contributed by atoms with Crippen molar-refractivity contribution in [2.45, 2.75) is 12.3 Å². The second-order valence-corrected chi connectivity index (χ2v) is 3.77. The molecule has 0 radical (unpaired) electrons. The highest BCUT2D eigenvalue weighted by molar-refractivity contribution is 5.94. The van der Waals surface area contributed by atoms with E-state index in [-0.39, 0.29) is 19.0 Å². The molecule has 1 amide bonds. The lowest BCUT2D eigenvalue weighted by Gasteiger charge is -2.38. The molecule has 0 bridgehead atoms. The minimum Gasteiger partial charge on any atom is -0.472 e. The molecule has 0 aliphatic carbocycles. The number of furan rings is 1. The van der Waals surface area contributed by atoms with E-state index in [1.807, 2.05) is 0 Å². The molecule has 2 rings (SSSR count). The van der Waals surface area contributed by atoms with Crippen LogP contribution >= 0.6 is 0 Å². The first-order valence-corrected chi connectivity index (χ1v) is 4.95. The number of nitrogens with zero attached hydrogens (tertiary/aromatic N) is 1. The maximum atomic E-state index is 11.8. The van der Waals surface area contributed by atoms with Gasteiger partial charge in [-0.25, -0.2) is 0 Å². The molecule has 1 aliphatic rings. The first-order chi connectivity index (χ1) is 7.96. The van der Waals surface area contributed by atoms with Crippen LogP contribution < -0.4 is 0 Å². The molecule has 1 fully saturated rings. The molecule has 0 N–H and O–H groups in total. The van der Waals surface area contributed by atoms with Crippen molar-refractivity contribution in [3.63, 3.8) is 0 Å². The Hall–Kier alpha value is -1.50. The van der Waals surface area contributed by atoms with Gasteiger partial charge < -0.3 is 14.1 Å². The second-order valence-electron chi connectivity index (χ2n) is 3.77. The Kier molecular flexibility index (Phi) is 3.10. The van der Waals surface area contributed by atoms with E-state index in [0.29, 0.717) is 5.56 Å². The van der Waals surface area contributed by atoms with Gasteiger partial charge in [-0.15, -0.1) is 0 Å². The van der Waals surface area contributed by atoms with E-state index in [0.717, 1.165) is 0 Å². The third-order valence-corrected chi connectivity index (χ3v) is 2.39. The third-order valence-electron chi connectivity index (χ3n) is 2.39. The standard InChI is InChI=1S/C10H10F3NO3/c11-10(12,13)6-17-8-3-14(4-8)9(15)7-1-2-16-5-7/h1-2,5,8H,3-4,6H2. The molecule has 1 aromatic rings. The first-order valence-electron chi connectivity index (χ1n) is 4.95. The van der Waals surface area contributed by atoms with Gasteiger partial charge in [0.25, 0.3) is 5.91 Å². The molecule has 17 heavy (non-hydrogen) atoms. The molecule has 1 aliphatic heterocycles. The quantitative estimate of drug-likeness (QED) is 0.818. The summed E-state index contributed by atoms with van der Waals surface area (Å²) in [6, 6.07) is 1.51. The number of hydrogen-bond donors (Lipinski definition) is 0. The second kappa shape index (κ2) is 4.40. The van der Waals surface area contributed by atoms with Gasteiger partial charge in [-0.3, -0.25) is 4.79 Å². The molecule has 94 valence electrons. The maximum absolute atomic E-state index is 11.8. The van der Waals surface area contributed by atoms with Gasteiger partial charge in [0.1, 0.15) is 12.9 Å². The molecule has 0 unspecified atom stereocenters. The van der Waals surface area contributed by atoms with Crippen LogP contribution in [0.3, 0.4) is 0 Å². The van der Waals surface area contributed by atoms with Crippen LogP contribution in [0.4, 0.5) is 13.2 Å². The number of halogens is 3. The molecule has 2 heterocycles. The van der Waals surface area contributed by atoms with Gasteiger partial charge in [0.2, 0.25) is 0 Å². The van der Waals surface area contributed by atoms with Crippen molar-refractivity contribution in [2.75, 3.05) is 19.7 Å². The normalized spacial score (nSPS) is 17.0. The van der Waals surface area contributed by atoms with Crippen molar-refractivity contribution in [3.8, 4) is 0 Å². The molecule has 4 nitrogen and oxygen atoms in total. The van der Waals surface area contributed by atoms with Crippen LogP contribution in [-0.4, -0.2) is 42.8 Å². The van der Waals surface area contributed by atoms with E-state index in [9.17, 15) is 18.0 Å². The average Bonchev–Trinajstić information content (AvgIpc) is 2.65. The summed E-state index contributed by atoms with van der Waals surface area (Å²) in [7, 11) is 0. The van der Waals surface area contributed by atoms with E-state index in [1.165, 1.54) is 23.5 Å². The predicted molar refractivity (Wildman–Crippen MR) is 50.4 cm³/mol. The SMILES string of the molecule is O=C(c1ccoc1)N1CC(OCC(F)(F)F)C1. The van der Waals surface area contributed by atoms with Crippen molar-refractivity contribution in [3.05, 3.63) is 24.2 Å². The number of ether oxygens (including phenoxy) is 1. The third kappa shape index (κ3) is 3.00. The Labute approximate surface area is 94.9 Å². The Morgan fingerprint density at radius 3 is 2.76 bits per heavy atom. The highest BCUT2D eigenvalue weighted by Crippen LogP contribution is 2.20. The highest BCUT2D eigenvalue weighted by Gasteiger charge is 2.36. The smallest absolute Gasteiger partial charge is 0.411 e. The molecule has 0 saturated carbocycles. The fraction of sp³-hybridized carbons (Fsp3) is 0.500. The summed E-state index contributed by atoms with van der Waals surface area (Å²) in [4.78, 5) is 13.0. The number of likely N-dealkylation sites (tertiary alicyclic amines) is 1. The lowest BCUT2D eigenvalue weighted by molar-refractivity contribution is -0.196. The molecule has 0 spiro atoms. The number of rotatable bonds is 3. The molecule has 1 aromatic heterocycles. The van der Waals surface area contributed by atoms with Gasteiger partial charge in [-0.1, -0.05) is 0 Å². The Morgan fingerprint density at radius 2 is 2.24 bits per heavy atom. The van der Waals surface area contributed by atoms with Crippen LogP contribution in [-0.2, 0) is 4.74 Å². The van der Waals surface area contributed by atoms with E-state index >= 15 is 0 Å². The van der Waals surface area contributed by atoms with Gasteiger partial charge >= 0.3 is 6.18 Å². The van der Waals surface area contributed by atoms with Gasteiger partial charge in [0.05, 0.1) is 17.9 Å². The zero-order chi connectivity index (χ0) is 12.5. The van der Waals surface area contributed by atoms with Gasteiger partial charge in [0, 0.05) is 13.1 Å². The van der Waals surface area contributed by atoms with Crippen LogP contribution in [0.25, 0.3) is 0 Å². The zero-order valence-electron chi connectivity index (χ0n) is 8.74. The summed E-state index contributed by atoms with van der Waals surface area (Å²) in [5.41, 5.74) is 0.388. The topological polar surface area (TPSA) is 42.7 Å². The summed E-state index contributed by atoms with van der Waals surface area (Å²) in [5.74, 6) is -0.259. The van der Waals surface area contributed by atoms with Crippen molar-refractivity contribution in [2.24, 2.45) is 0 Å². The Bertz CT molecular complexity index is 382. The summed E-state index contributed by atoms with van der Waals surface area (Å²) in [6.07, 6.45) is -2.20. The minimum absolute atomic E-state index is 0.181. The maximum Gasteiger partial charge on any atom is 0.411 e. The molecule has 1 saturated heterocycles. The molecule has 0 aromatic carbocycles. The van der Waals surface area contributed by atoms with Gasteiger partial charge in [0.15, 0.2) is 0 Å². The molecule has 0 atom stereocenters. The van der Waals surface area contributed by atoms with Crippen LogP contribution in [0, 0.1) is 0 Å². The number of hydrogen-bond acceptors (Lipinski definition) is 3. The van der Waals surface area contributed by atoms with Crippen LogP contribution in [0.2, 0.25) is 0 Å². The fourth-order valence-corrected chi connectivity index (χ4v) is 1.49. The van der Waals surface area contributed by atoms with Crippen molar-refractivity contribution >= 4 is 5.91 Å². The summed E-state index contributed by atoms with van der Waals surface area (Å²) in [6.45, 7) is -0.911. The van der Waals surface area contributed by atoms with Crippen LogP contribution in [0.1, 0.15) is 10.4 Å². The highest BCUT2D eigenvalue weighted by atomic mass is 19.4. The lowest BCUT2D eigenvalue weighted by atomic mass is 10.1. The molecular weight excluding hydrogens is 239 g/mol. The van der Waals surface area contributed by atoms with Crippen LogP contribution in [0.5, 0.6) is 0 Å². The Morgan fingerprint density at radius 1 is 1.53 bits per heavy atom. The summed E-state index contributed by atoms with van der Waals surface area (Å²) in [5, 5.41) is 0. The van der Waals surface area contributed by atoms with Crippen molar-refractivity contribution < 1.29 is 27.1 Å². The van der Waals surface area contributed by atoms with E-state index in [1.54, 1.807) is 0 Å². The van der Waals surface area contributed by atoms with E-state index in [2.05, 4.69) is 4.74 Å². The minimum atomic E-state index is -4.32. The molecule has 7 heteroatoms.